The topological polar surface area (TPSA) is 46.0 Å². The second-order valence-corrected chi connectivity index (χ2v) is 5.12. The molecule has 1 N–H and O–H groups in total. The predicted molar refractivity (Wildman–Crippen MR) is 72.5 cm³/mol. The van der Waals surface area contributed by atoms with Crippen molar-refractivity contribution in [3.63, 3.8) is 0 Å². The van der Waals surface area contributed by atoms with Crippen molar-refractivity contribution in [3.8, 4) is 0 Å². The fourth-order valence-corrected chi connectivity index (χ4v) is 2.60. The summed E-state index contributed by atoms with van der Waals surface area (Å²) in [5.74, 6) is 1.06. The van der Waals surface area contributed by atoms with Crippen LogP contribution in [0.4, 0.5) is 0 Å². The van der Waals surface area contributed by atoms with Crippen LogP contribution >= 0.6 is 0 Å². The van der Waals surface area contributed by atoms with Crippen molar-refractivity contribution in [1.82, 2.24) is 25.0 Å². The van der Waals surface area contributed by atoms with Crippen LogP contribution in [0, 0.1) is 0 Å². The Morgan fingerprint density at radius 1 is 1.39 bits per heavy atom. The Morgan fingerprint density at radius 3 is 3.00 bits per heavy atom. The van der Waals surface area contributed by atoms with Gasteiger partial charge in [0.25, 0.3) is 0 Å². The summed E-state index contributed by atoms with van der Waals surface area (Å²) in [4.78, 5) is 2.55. The molecule has 0 spiro atoms. The molecule has 1 unspecified atom stereocenters. The van der Waals surface area contributed by atoms with Crippen LogP contribution < -0.4 is 5.32 Å². The van der Waals surface area contributed by atoms with Gasteiger partial charge in [0.05, 0.1) is 0 Å². The molecule has 0 aromatic carbocycles. The molecule has 0 aliphatic carbocycles. The van der Waals surface area contributed by atoms with Gasteiger partial charge in [0, 0.05) is 26.1 Å². The van der Waals surface area contributed by atoms with Crippen molar-refractivity contribution in [2.24, 2.45) is 7.05 Å². The number of hydrogen-bond acceptors (Lipinski definition) is 4. The van der Waals surface area contributed by atoms with E-state index in [0.717, 1.165) is 18.8 Å². The van der Waals surface area contributed by atoms with Crippen molar-refractivity contribution in [1.29, 1.82) is 0 Å². The molecular formula is C13H25N5. The maximum absolute atomic E-state index is 4.11. The smallest absolute Gasteiger partial charge is 0.133 e. The Kier molecular flexibility index (Phi) is 5.13. The molecule has 102 valence electrons. The van der Waals surface area contributed by atoms with E-state index in [9.17, 15) is 0 Å². The number of nitrogens with zero attached hydrogens (tertiary/aromatic N) is 4. The zero-order valence-electron chi connectivity index (χ0n) is 11.6. The van der Waals surface area contributed by atoms with Gasteiger partial charge in [-0.1, -0.05) is 6.92 Å². The first-order chi connectivity index (χ1) is 8.79. The molecule has 0 bridgehead atoms. The lowest BCUT2D eigenvalue weighted by Crippen LogP contribution is -2.32. The summed E-state index contributed by atoms with van der Waals surface area (Å²) in [5, 5.41) is 11.7. The zero-order chi connectivity index (χ0) is 12.8. The molecule has 0 radical (unpaired) electrons. The number of likely N-dealkylation sites (tertiary alicyclic amines) is 1. The summed E-state index contributed by atoms with van der Waals surface area (Å²) < 4.78 is 1.99. The van der Waals surface area contributed by atoms with E-state index in [1.54, 1.807) is 6.33 Å². The molecule has 0 amide bonds. The van der Waals surface area contributed by atoms with Crippen LogP contribution in [0.25, 0.3) is 0 Å². The third-order valence-corrected chi connectivity index (χ3v) is 3.85. The monoisotopic (exact) mass is 251 g/mol. The largest absolute Gasteiger partial charge is 0.321 e. The Labute approximate surface area is 110 Å². The fraction of sp³-hybridized carbons (Fsp3) is 0.846. The first kappa shape index (κ1) is 13.5. The van der Waals surface area contributed by atoms with Gasteiger partial charge >= 0.3 is 0 Å². The average molecular weight is 251 g/mol. The molecule has 2 rings (SSSR count). The van der Waals surface area contributed by atoms with Crippen LogP contribution in [0.2, 0.25) is 0 Å². The minimum absolute atomic E-state index is 0.676. The fourth-order valence-electron chi connectivity index (χ4n) is 2.60. The Bertz CT molecular complexity index is 349. The minimum Gasteiger partial charge on any atom is -0.321 e. The van der Waals surface area contributed by atoms with Gasteiger partial charge in [-0.25, -0.2) is 0 Å². The van der Waals surface area contributed by atoms with Crippen LogP contribution in [-0.4, -0.2) is 51.9 Å². The minimum atomic E-state index is 0.676. The van der Waals surface area contributed by atoms with Gasteiger partial charge < -0.3 is 14.8 Å². The molecule has 5 nitrogen and oxygen atoms in total. The SMILES string of the molecule is CCN1CCCC(NCCc2nncn2C)CC1. The first-order valence-electron chi connectivity index (χ1n) is 7.08. The van der Waals surface area contributed by atoms with Crippen molar-refractivity contribution < 1.29 is 0 Å². The van der Waals surface area contributed by atoms with Crippen LogP contribution in [-0.2, 0) is 13.5 Å². The lowest BCUT2D eigenvalue weighted by molar-refractivity contribution is 0.297. The quantitative estimate of drug-likeness (QED) is 0.841. The van der Waals surface area contributed by atoms with E-state index in [4.69, 9.17) is 0 Å². The van der Waals surface area contributed by atoms with Gasteiger partial charge in [0.1, 0.15) is 12.2 Å². The number of rotatable bonds is 5. The number of hydrogen-bond donors (Lipinski definition) is 1. The summed E-state index contributed by atoms with van der Waals surface area (Å²) in [6, 6.07) is 0.676. The van der Waals surface area contributed by atoms with Crippen molar-refractivity contribution in [2.45, 2.75) is 38.6 Å². The standard InChI is InChI=1S/C13H25N5/c1-3-18-9-4-5-12(7-10-18)14-8-6-13-16-15-11-17(13)2/h11-12,14H,3-10H2,1-2H3. The molecule has 2 heterocycles. The number of nitrogens with one attached hydrogen (secondary N) is 1. The van der Waals surface area contributed by atoms with Gasteiger partial charge in [0.2, 0.25) is 0 Å². The van der Waals surface area contributed by atoms with E-state index in [1.807, 2.05) is 11.6 Å². The van der Waals surface area contributed by atoms with E-state index in [1.165, 1.54) is 38.9 Å². The van der Waals surface area contributed by atoms with Crippen LogP contribution in [0.3, 0.4) is 0 Å². The zero-order valence-corrected chi connectivity index (χ0v) is 11.6. The van der Waals surface area contributed by atoms with Crippen LogP contribution in [0.1, 0.15) is 32.0 Å². The van der Waals surface area contributed by atoms with Crippen molar-refractivity contribution in [3.05, 3.63) is 12.2 Å². The molecule has 0 saturated carbocycles. The van der Waals surface area contributed by atoms with Gasteiger partial charge in [-0.2, -0.15) is 0 Å². The molecular weight excluding hydrogens is 226 g/mol. The second-order valence-electron chi connectivity index (χ2n) is 5.12. The van der Waals surface area contributed by atoms with Gasteiger partial charge in [0.15, 0.2) is 0 Å². The second kappa shape index (κ2) is 6.85. The Morgan fingerprint density at radius 2 is 2.28 bits per heavy atom. The molecule has 1 fully saturated rings. The van der Waals surface area contributed by atoms with E-state index >= 15 is 0 Å². The highest BCUT2D eigenvalue weighted by Crippen LogP contribution is 2.10. The van der Waals surface area contributed by atoms with Crippen molar-refractivity contribution in [2.75, 3.05) is 26.2 Å². The lowest BCUT2D eigenvalue weighted by atomic mass is 10.1. The summed E-state index contributed by atoms with van der Waals surface area (Å²) in [5.41, 5.74) is 0. The van der Waals surface area contributed by atoms with Gasteiger partial charge in [-0.05, 0) is 38.9 Å². The molecule has 1 aromatic heterocycles. The summed E-state index contributed by atoms with van der Waals surface area (Å²) in [6.45, 7) is 6.94. The van der Waals surface area contributed by atoms with Crippen molar-refractivity contribution >= 4 is 0 Å². The highest BCUT2D eigenvalue weighted by molar-refractivity contribution is 4.85. The van der Waals surface area contributed by atoms with Crippen LogP contribution in [0.5, 0.6) is 0 Å². The van der Waals surface area contributed by atoms with Gasteiger partial charge in [-0.15, -0.1) is 10.2 Å². The third-order valence-electron chi connectivity index (χ3n) is 3.85. The number of aromatic nitrogens is 3. The molecule has 1 aliphatic heterocycles. The van der Waals surface area contributed by atoms with Crippen LogP contribution in [0.15, 0.2) is 6.33 Å². The maximum atomic E-state index is 4.11. The van der Waals surface area contributed by atoms with E-state index in [-0.39, 0.29) is 0 Å². The van der Waals surface area contributed by atoms with E-state index < -0.39 is 0 Å². The Hall–Kier alpha value is -0.940. The lowest BCUT2D eigenvalue weighted by Gasteiger charge is -2.18. The maximum Gasteiger partial charge on any atom is 0.133 e. The molecule has 5 heteroatoms. The van der Waals surface area contributed by atoms with E-state index in [2.05, 4.69) is 27.3 Å². The molecule has 1 saturated heterocycles. The third kappa shape index (κ3) is 3.78. The summed E-state index contributed by atoms with van der Waals surface area (Å²) >= 11 is 0. The number of aryl methyl sites for hydroxylation is 1. The first-order valence-corrected chi connectivity index (χ1v) is 7.08. The summed E-state index contributed by atoms with van der Waals surface area (Å²) in [7, 11) is 2.00. The highest BCUT2D eigenvalue weighted by Gasteiger charge is 2.15. The average Bonchev–Trinajstić information content (AvgIpc) is 2.66. The molecule has 1 aliphatic rings. The Balaban J connectivity index is 1.69. The normalized spacial score (nSPS) is 22.0. The molecule has 18 heavy (non-hydrogen) atoms. The van der Waals surface area contributed by atoms with E-state index in [0.29, 0.717) is 6.04 Å². The molecule has 1 aromatic rings. The highest BCUT2D eigenvalue weighted by atomic mass is 15.2. The van der Waals surface area contributed by atoms with Gasteiger partial charge in [-0.3, -0.25) is 0 Å². The predicted octanol–water partition coefficient (Wildman–Crippen LogP) is 0.822. The summed E-state index contributed by atoms with van der Waals surface area (Å²) in [6.07, 6.45) is 6.61. The molecule has 1 atom stereocenters.